The molecule has 0 aliphatic carbocycles. The molecule has 0 spiro atoms. The summed E-state index contributed by atoms with van der Waals surface area (Å²) in [5, 5.41) is 3.09. The van der Waals surface area contributed by atoms with Gasteiger partial charge in [-0.2, -0.15) is 8.78 Å². The van der Waals surface area contributed by atoms with Crippen molar-refractivity contribution >= 4 is 5.91 Å². The fourth-order valence-electron chi connectivity index (χ4n) is 1.63. The molecule has 6 heteroatoms. The molecule has 20 heavy (non-hydrogen) atoms. The average Bonchev–Trinajstić information content (AvgIpc) is 2.44. The molecular formula is C14H20F2N2O2. The van der Waals surface area contributed by atoms with Crippen LogP contribution in [0.25, 0.3) is 0 Å². The van der Waals surface area contributed by atoms with E-state index in [4.69, 9.17) is 0 Å². The summed E-state index contributed by atoms with van der Waals surface area (Å²) < 4.78 is 28.3. The predicted molar refractivity (Wildman–Crippen MR) is 72.7 cm³/mol. The molecule has 1 N–H and O–H groups in total. The number of likely N-dealkylation sites (N-methyl/N-ethyl adjacent to an activating group) is 1. The van der Waals surface area contributed by atoms with Gasteiger partial charge in [0.25, 0.3) is 0 Å². The van der Waals surface area contributed by atoms with Crippen molar-refractivity contribution in [3.8, 4) is 5.75 Å². The second-order valence-electron chi connectivity index (χ2n) is 4.48. The first-order valence-electron chi connectivity index (χ1n) is 6.46. The number of hydrogen-bond acceptors (Lipinski definition) is 3. The maximum Gasteiger partial charge on any atom is 0.387 e. The summed E-state index contributed by atoms with van der Waals surface area (Å²) in [6.45, 7) is 2.03. The topological polar surface area (TPSA) is 41.6 Å². The van der Waals surface area contributed by atoms with E-state index in [1.807, 2.05) is 6.92 Å². The van der Waals surface area contributed by atoms with Crippen LogP contribution in [0.15, 0.2) is 24.3 Å². The summed E-state index contributed by atoms with van der Waals surface area (Å²) in [7, 11) is 1.75. The molecule has 0 aliphatic rings. The van der Waals surface area contributed by atoms with Gasteiger partial charge in [-0.05, 0) is 31.5 Å². The van der Waals surface area contributed by atoms with Gasteiger partial charge in [-0.1, -0.05) is 12.1 Å². The summed E-state index contributed by atoms with van der Waals surface area (Å²) in [6, 6.07) is 6.04. The molecule has 1 atom stereocenters. The van der Waals surface area contributed by atoms with Crippen LogP contribution >= 0.6 is 0 Å². The fraction of sp³-hybridized carbons (Fsp3) is 0.500. The predicted octanol–water partition coefficient (Wildman–Crippen LogP) is 2.24. The SMILES string of the molecule is CCN(C)C(=O)C(C)NCc1ccc(OC(F)F)cc1. The first-order valence-corrected chi connectivity index (χ1v) is 6.46. The van der Waals surface area contributed by atoms with E-state index < -0.39 is 6.61 Å². The van der Waals surface area contributed by atoms with E-state index in [0.717, 1.165) is 5.56 Å². The number of nitrogens with zero attached hydrogens (tertiary/aromatic N) is 1. The first kappa shape index (κ1) is 16.4. The Morgan fingerprint density at radius 1 is 1.35 bits per heavy atom. The molecule has 1 aromatic carbocycles. The number of halogens is 2. The molecule has 1 amide bonds. The number of ether oxygens (including phenoxy) is 1. The highest BCUT2D eigenvalue weighted by Gasteiger charge is 2.15. The lowest BCUT2D eigenvalue weighted by Crippen LogP contribution is -2.42. The van der Waals surface area contributed by atoms with Gasteiger partial charge in [0.15, 0.2) is 0 Å². The maximum atomic E-state index is 12.0. The second-order valence-corrected chi connectivity index (χ2v) is 4.48. The minimum Gasteiger partial charge on any atom is -0.435 e. The minimum absolute atomic E-state index is 0.0187. The van der Waals surface area contributed by atoms with Gasteiger partial charge in [0.1, 0.15) is 5.75 Å². The molecule has 0 heterocycles. The second kappa shape index (κ2) is 7.79. The standard InChI is InChI=1S/C14H20F2N2O2/c1-4-18(3)13(19)10(2)17-9-11-5-7-12(8-6-11)20-14(15)16/h5-8,10,14,17H,4,9H2,1-3H3. The average molecular weight is 286 g/mol. The van der Waals surface area contributed by atoms with Crippen molar-refractivity contribution in [1.82, 2.24) is 10.2 Å². The van der Waals surface area contributed by atoms with Gasteiger partial charge in [0.2, 0.25) is 5.91 Å². The third-order valence-corrected chi connectivity index (χ3v) is 2.98. The Bertz CT molecular complexity index is 424. The molecular weight excluding hydrogens is 266 g/mol. The summed E-state index contributed by atoms with van der Waals surface area (Å²) in [5.74, 6) is 0.142. The molecule has 1 unspecified atom stereocenters. The van der Waals surface area contributed by atoms with E-state index in [2.05, 4.69) is 10.1 Å². The minimum atomic E-state index is -2.82. The van der Waals surface area contributed by atoms with E-state index >= 15 is 0 Å². The Morgan fingerprint density at radius 3 is 2.45 bits per heavy atom. The molecule has 0 aromatic heterocycles. The van der Waals surface area contributed by atoms with Crippen LogP contribution in [-0.2, 0) is 11.3 Å². The third kappa shape index (κ3) is 5.13. The lowest BCUT2D eigenvalue weighted by Gasteiger charge is -2.20. The Kier molecular flexibility index (Phi) is 6.38. The van der Waals surface area contributed by atoms with Gasteiger partial charge in [-0.3, -0.25) is 4.79 Å². The van der Waals surface area contributed by atoms with Crippen molar-refractivity contribution in [1.29, 1.82) is 0 Å². The van der Waals surface area contributed by atoms with Crippen molar-refractivity contribution in [3.63, 3.8) is 0 Å². The molecule has 112 valence electrons. The normalized spacial score (nSPS) is 12.3. The Hall–Kier alpha value is -1.69. The van der Waals surface area contributed by atoms with Crippen molar-refractivity contribution in [3.05, 3.63) is 29.8 Å². The molecule has 0 aliphatic heterocycles. The van der Waals surface area contributed by atoms with Crippen LogP contribution in [0, 0.1) is 0 Å². The highest BCUT2D eigenvalue weighted by Crippen LogP contribution is 2.14. The highest BCUT2D eigenvalue weighted by molar-refractivity contribution is 5.81. The van der Waals surface area contributed by atoms with Crippen molar-refractivity contribution < 1.29 is 18.3 Å². The zero-order valence-electron chi connectivity index (χ0n) is 11.9. The van der Waals surface area contributed by atoms with E-state index in [-0.39, 0.29) is 17.7 Å². The summed E-state index contributed by atoms with van der Waals surface area (Å²) in [4.78, 5) is 13.5. The van der Waals surface area contributed by atoms with Crippen LogP contribution in [-0.4, -0.2) is 37.1 Å². The number of rotatable bonds is 7. The Morgan fingerprint density at radius 2 is 1.95 bits per heavy atom. The van der Waals surface area contributed by atoms with Gasteiger partial charge in [0.05, 0.1) is 6.04 Å². The van der Waals surface area contributed by atoms with Gasteiger partial charge in [0, 0.05) is 20.1 Å². The zero-order valence-corrected chi connectivity index (χ0v) is 11.9. The zero-order chi connectivity index (χ0) is 15.1. The highest BCUT2D eigenvalue weighted by atomic mass is 19.3. The summed E-state index contributed by atoms with van der Waals surface area (Å²) in [6.07, 6.45) is 0. The number of nitrogens with one attached hydrogen (secondary N) is 1. The number of carbonyl (C=O) groups is 1. The number of hydrogen-bond donors (Lipinski definition) is 1. The van der Waals surface area contributed by atoms with E-state index in [1.54, 1.807) is 31.0 Å². The van der Waals surface area contributed by atoms with Crippen LogP contribution in [0.3, 0.4) is 0 Å². The lowest BCUT2D eigenvalue weighted by atomic mass is 10.2. The maximum absolute atomic E-state index is 12.0. The van der Waals surface area contributed by atoms with Gasteiger partial charge in [-0.25, -0.2) is 0 Å². The largest absolute Gasteiger partial charge is 0.435 e. The van der Waals surface area contributed by atoms with Crippen LogP contribution in [0.4, 0.5) is 8.78 Å². The molecule has 0 saturated carbocycles. The van der Waals surface area contributed by atoms with Crippen molar-refractivity contribution in [2.24, 2.45) is 0 Å². The van der Waals surface area contributed by atoms with Crippen LogP contribution in [0.1, 0.15) is 19.4 Å². The van der Waals surface area contributed by atoms with Crippen molar-refractivity contribution in [2.45, 2.75) is 33.0 Å². The molecule has 1 aromatic rings. The Balaban J connectivity index is 2.47. The van der Waals surface area contributed by atoms with Crippen LogP contribution in [0.2, 0.25) is 0 Å². The fourth-order valence-corrected chi connectivity index (χ4v) is 1.63. The van der Waals surface area contributed by atoms with Gasteiger partial charge < -0.3 is 15.0 Å². The molecule has 4 nitrogen and oxygen atoms in total. The summed E-state index contributed by atoms with van der Waals surface area (Å²) >= 11 is 0. The van der Waals surface area contributed by atoms with Gasteiger partial charge in [-0.15, -0.1) is 0 Å². The monoisotopic (exact) mass is 286 g/mol. The quantitative estimate of drug-likeness (QED) is 0.836. The molecule has 0 bridgehead atoms. The third-order valence-electron chi connectivity index (χ3n) is 2.98. The van der Waals surface area contributed by atoms with Crippen LogP contribution in [0.5, 0.6) is 5.75 Å². The molecule has 0 fully saturated rings. The number of amides is 1. The van der Waals surface area contributed by atoms with E-state index in [9.17, 15) is 13.6 Å². The lowest BCUT2D eigenvalue weighted by molar-refractivity contribution is -0.131. The smallest absolute Gasteiger partial charge is 0.387 e. The first-order chi connectivity index (χ1) is 9.43. The van der Waals surface area contributed by atoms with Gasteiger partial charge >= 0.3 is 6.61 Å². The van der Waals surface area contributed by atoms with Crippen molar-refractivity contribution in [2.75, 3.05) is 13.6 Å². The van der Waals surface area contributed by atoms with Crippen LogP contribution < -0.4 is 10.1 Å². The van der Waals surface area contributed by atoms with E-state index in [0.29, 0.717) is 13.1 Å². The Labute approximate surface area is 117 Å². The molecule has 0 saturated heterocycles. The summed E-state index contributed by atoms with van der Waals surface area (Å²) in [5.41, 5.74) is 0.894. The number of alkyl halides is 2. The number of carbonyl (C=O) groups excluding carboxylic acids is 1. The molecule has 1 rings (SSSR count). The molecule has 0 radical (unpaired) electrons. The van der Waals surface area contributed by atoms with E-state index in [1.165, 1.54) is 12.1 Å². The number of benzene rings is 1.